The smallest absolute Gasteiger partial charge is 0.207 e. The highest BCUT2D eigenvalue weighted by Crippen LogP contribution is 2.26. The number of hydrogen-bond acceptors (Lipinski definition) is 2. The van der Waals surface area contributed by atoms with Crippen LogP contribution in [0.3, 0.4) is 0 Å². The Bertz CT molecular complexity index is 578. The van der Waals surface area contributed by atoms with Gasteiger partial charge in [-0.15, -0.1) is 6.58 Å². The average Bonchev–Trinajstić information content (AvgIpc) is 2.64. The molecule has 0 aliphatic carbocycles. The van der Waals surface area contributed by atoms with E-state index in [2.05, 4.69) is 39.5 Å². The molecule has 1 aromatic heterocycles. The van der Waals surface area contributed by atoms with Gasteiger partial charge in [-0.05, 0) is 47.7 Å². The van der Waals surface area contributed by atoms with Gasteiger partial charge in [0.05, 0.1) is 16.4 Å². The second kappa shape index (κ2) is 5.75. The molecular weight excluding hydrogens is 361 g/mol. The van der Waals surface area contributed by atoms with Crippen molar-refractivity contribution in [3.05, 3.63) is 51.3 Å². The van der Waals surface area contributed by atoms with E-state index in [1.165, 1.54) is 0 Å². The molecule has 0 fully saturated rings. The van der Waals surface area contributed by atoms with Crippen molar-refractivity contribution in [2.75, 3.05) is 5.32 Å². The van der Waals surface area contributed by atoms with E-state index in [9.17, 15) is 0 Å². The summed E-state index contributed by atoms with van der Waals surface area (Å²) in [6.07, 6.45) is 3.81. The summed E-state index contributed by atoms with van der Waals surface area (Å²) < 4.78 is 3.10. The molecule has 0 amide bonds. The Morgan fingerprint density at radius 3 is 3.00 bits per heavy atom. The molecule has 2 rings (SSSR count). The quantitative estimate of drug-likeness (QED) is 0.637. The van der Waals surface area contributed by atoms with Crippen molar-refractivity contribution < 1.29 is 0 Å². The molecule has 0 saturated carbocycles. The lowest BCUT2D eigenvalue weighted by Crippen LogP contribution is -2.02. The standard InChI is InChI=1S/C13H13ClIN3/c1-3-6-18-8-9(2)16-13(18)17-12-5-4-10(15)7-11(12)14/h3-5,7-8H,1,6H2,2H3,(H,16,17). The zero-order chi connectivity index (χ0) is 13.1. The maximum absolute atomic E-state index is 6.19. The lowest BCUT2D eigenvalue weighted by Gasteiger charge is -2.09. The Morgan fingerprint density at radius 2 is 2.33 bits per heavy atom. The molecule has 0 bridgehead atoms. The average molecular weight is 374 g/mol. The van der Waals surface area contributed by atoms with Crippen LogP contribution in [0.1, 0.15) is 5.69 Å². The summed E-state index contributed by atoms with van der Waals surface area (Å²) in [6, 6.07) is 5.87. The highest BCUT2D eigenvalue weighted by Gasteiger charge is 2.07. The molecule has 0 radical (unpaired) electrons. The van der Waals surface area contributed by atoms with Gasteiger partial charge in [0.15, 0.2) is 0 Å². The largest absolute Gasteiger partial charge is 0.324 e. The molecule has 0 saturated heterocycles. The van der Waals surface area contributed by atoms with Crippen molar-refractivity contribution in [2.45, 2.75) is 13.5 Å². The first-order valence-electron chi connectivity index (χ1n) is 5.47. The highest BCUT2D eigenvalue weighted by molar-refractivity contribution is 14.1. The number of benzene rings is 1. The third kappa shape index (κ3) is 3.05. The molecule has 0 unspecified atom stereocenters. The zero-order valence-electron chi connectivity index (χ0n) is 9.95. The highest BCUT2D eigenvalue weighted by atomic mass is 127. The van der Waals surface area contributed by atoms with Gasteiger partial charge >= 0.3 is 0 Å². The van der Waals surface area contributed by atoms with Crippen LogP contribution in [0.25, 0.3) is 0 Å². The second-order valence-electron chi connectivity index (χ2n) is 3.90. The molecular formula is C13H13ClIN3. The number of imidazole rings is 1. The molecule has 0 spiro atoms. The van der Waals surface area contributed by atoms with E-state index in [0.717, 1.165) is 20.9 Å². The summed E-state index contributed by atoms with van der Waals surface area (Å²) in [7, 11) is 0. The summed E-state index contributed by atoms with van der Waals surface area (Å²) in [4.78, 5) is 4.43. The van der Waals surface area contributed by atoms with Crippen molar-refractivity contribution >= 4 is 45.8 Å². The van der Waals surface area contributed by atoms with Crippen LogP contribution >= 0.6 is 34.2 Å². The third-order valence-corrected chi connectivity index (χ3v) is 3.38. The number of nitrogens with zero attached hydrogens (tertiary/aromatic N) is 2. The maximum atomic E-state index is 6.19. The van der Waals surface area contributed by atoms with Gasteiger partial charge < -0.3 is 9.88 Å². The maximum Gasteiger partial charge on any atom is 0.207 e. The fraction of sp³-hybridized carbons (Fsp3) is 0.154. The minimum Gasteiger partial charge on any atom is -0.324 e. The fourth-order valence-corrected chi connectivity index (χ4v) is 2.54. The van der Waals surface area contributed by atoms with Gasteiger partial charge in [0.1, 0.15) is 0 Å². The number of halogens is 2. The predicted molar refractivity (Wildman–Crippen MR) is 84.6 cm³/mol. The molecule has 0 atom stereocenters. The van der Waals surface area contributed by atoms with Crippen LogP contribution in [0.2, 0.25) is 5.02 Å². The van der Waals surface area contributed by atoms with Crippen molar-refractivity contribution in [3.63, 3.8) is 0 Å². The van der Waals surface area contributed by atoms with Crippen LogP contribution < -0.4 is 5.32 Å². The van der Waals surface area contributed by atoms with Crippen LogP contribution in [0.5, 0.6) is 0 Å². The number of anilines is 2. The number of nitrogens with one attached hydrogen (secondary N) is 1. The Labute approximate surface area is 125 Å². The molecule has 1 aromatic carbocycles. The molecule has 1 heterocycles. The molecule has 18 heavy (non-hydrogen) atoms. The predicted octanol–water partition coefficient (Wildman–Crippen LogP) is 4.38. The minimum absolute atomic E-state index is 0.688. The fourth-order valence-electron chi connectivity index (χ4n) is 1.64. The lowest BCUT2D eigenvalue weighted by molar-refractivity contribution is 0.832. The van der Waals surface area contributed by atoms with Gasteiger partial charge in [-0.3, -0.25) is 0 Å². The van der Waals surface area contributed by atoms with E-state index in [4.69, 9.17) is 11.6 Å². The Morgan fingerprint density at radius 1 is 1.56 bits per heavy atom. The van der Waals surface area contributed by atoms with Crippen molar-refractivity contribution in [1.29, 1.82) is 0 Å². The van der Waals surface area contributed by atoms with E-state index in [0.29, 0.717) is 11.6 Å². The molecule has 0 aliphatic rings. The lowest BCUT2D eigenvalue weighted by atomic mass is 10.3. The monoisotopic (exact) mass is 373 g/mol. The molecule has 5 heteroatoms. The number of allylic oxidation sites excluding steroid dienone is 1. The van der Waals surface area contributed by atoms with Gasteiger partial charge in [-0.25, -0.2) is 4.98 Å². The van der Waals surface area contributed by atoms with E-state index >= 15 is 0 Å². The van der Waals surface area contributed by atoms with E-state index < -0.39 is 0 Å². The van der Waals surface area contributed by atoms with E-state index in [-0.39, 0.29) is 0 Å². The number of hydrogen-bond donors (Lipinski definition) is 1. The minimum atomic E-state index is 0.688. The SMILES string of the molecule is C=CCn1cc(C)nc1Nc1ccc(I)cc1Cl. The van der Waals surface area contributed by atoms with Crippen LogP contribution in [-0.2, 0) is 6.54 Å². The molecule has 94 valence electrons. The molecule has 3 nitrogen and oxygen atoms in total. The first-order valence-corrected chi connectivity index (χ1v) is 6.92. The summed E-state index contributed by atoms with van der Waals surface area (Å²) in [5.74, 6) is 0.774. The topological polar surface area (TPSA) is 29.9 Å². The first-order chi connectivity index (χ1) is 8.60. The van der Waals surface area contributed by atoms with Crippen molar-refractivity contribution in [3.8, 4) is 0 Å². The van der Waals surface area contributed by atoms with Crippen LogP contribution in [0.15, 0.2) is 37.1 Å². The van der Waals surface area contributed by atoms with E-state index in [1.807, 2.05) is 42.0 Å². The molecule has 1 N–H and O–H groups in total. The van der Waals surface area contributed by atoms with Crippen LogP contribution in [-0.4, -0.2) is 9.55 Å². The van der Waals surface area contributed by atoms with Gasteiger partial charge in [-0.2, -0.15) is 0 Å². The third-order valence-electron chi connectivity index (χ3n) is 2.40. The summed E-state index contributed by atoms with van der Waals surface area (Å²) in [6.45, 7) is 6.41. The van der Waals surface area contributed by atoms with Crippen LogP contribution in [0.4, 0.5) is 11.6 Å². The number of aryl methyl sites for hydroxylation is 1. The van der Waals surface area contributed by atoms with Gasteiger partial charge in [-0.1, -0.05) is 17.7 Å². The zero-order valence-corrected chi connectivity index (χ0v) is 12.9. The number of rotatable bonds is 4. The summed E-state index contributed by atoms with van der Waals surface area (Å²) >= 11 is 8.42. The van der Waals surface area contributed by atoms with Crippen LogP contribution in [0, 0.1) is 10.5 Å². The van der Waals surface area contributed by atoms with Gasteiger partial charge in [0, 0.05) is 16.3 Å². The van der Waals surface area contributed by atoms with Gasteiger partial charge in [0.25, 0.3) is 0 Å². The Balaban J connectivity index is 2.30. The van der Waals surface area contributed by atoms with E-state index in [1.54, 1.807) is 0 Å². The van der Waals surface area contributed by atoms with Crippen molar-refractivity contribution in [2.24, 2.45) is 0 Å². The summed E-state index contributed by atoms with van der Waals surface area (Å²) in [5.41, 5.74) is 1.81. The second-order valence-corrected chi connectivity index (χ2v) is 5.55. The number of aromatic nitrogens is 2. The molecule has 2 aromatic rings. The normalized spacial score (nSPS) is 10.4. The summed E-state index contributed by atoms with van der Waals surface area (Å²) in [5, 5.41) is 3.93. The van der Waals surface area contributed by atoms with Gasteiger partial charge in [0.2, 0.25) is 5.95 Å². The Hall–Kier alpha value is -1.01. The first kappa shape index (κ1) is 13.4. The van der Waals surface area contributed by atoms with Crippen molar-refractivity contribution in [1.82, 2.24) is 9.55 Å². The Kier molecular flexibility index (Phi) is 4.29. The molecule has 0 aliphatic heterocycles.